The Morgan fingerprint density at radius 2 is 2.21 bits per heavy atom. The van der Waals surface area contributed by atoms with E-state index in [9.17, 15) is 9.18 Å². The first-order chi connectivity index (χ1) is 9.09. The fourth-order valence-electron chi connectivity index (χ4n) is 1.59. The fraction of sp³-hybridized carbons (Fsp3) is 0.154. The SMILES string of the molecule is Cc1ccncc1CNc1nccc(C(=O)O)c1F. The molecule has 0 aliphatic carbocycles. The van der Waals surface area contributed by atoms with E-state index in [-0.39, 0.29) is 5.82 Å². The Kier molecular flexibility index (Phi) is 3.70. The summed E-state index contributed by atoms with van der Waals surface area (Å²) in [4.78, 5) is 18.6. The van der Waals surface area contributed by atoms with Crippen LogP contribution in [0.1, 0.15) is 21.5 Å². The predicted octanol–water partition coefficient (Wildman–Crippen LogP) is 2.23. The summed E-state index contributed by atoms with van der Waals surface area (Å²) in [7, 11) is 0. The molecule has 0 unspecified atom stereocenters. The average molecular weight is 261 g/mol. The number of carboxylic acids is 1. The van der Waals surface area contributed by atoms with Gasteiger partial charge in [0.05, 0.1) is 0 Å². The minimum Gasteiger partial charge on any atom is -0.478 e. The third-order valence-corrected chi connectivity index (χ3v) is 2.71. The van der Waals surface area contributed by atoms with Crippen molar-refractivity contribution >= 4 is 11.8 Å². The largest absolute Gasteiger partial charge is 0.478 e. The van der Waals surface area contributed by atoms with Crippen molar-refractivity contribution in [1.29, 1.82) is 0 Å². The van der Waals surface area contributed by atoms with Gasteiger partial charge in [-0.25, -0.2) is 14.2 Å². The highest BCUT2D eigenvalue weighted by Crippen LogP contribution is 2.16. The van der Waals surface area contributed by atoms with Crippen LogP contribution >= 0.6 is 0 Å². The molecule has 0 aliphatic rings. The number of halogens is 1. The number of carbonyl (C=O) groups is 1. The Morgan fingerprint density at radius 3 is 2.89 bits per heavy atom. The lowest BCUT2D eigenvalue weighted by molar-refractivity contribution is 0.0692. The molecule has 0 saturated carbocycles. The number of carboxylic acid groups (broad SMARTS) is 1. The summed E-state index contributed by atoms with van der Waals surface area (Å²) in [5.74, 6) is -2.26. The topological polar surface area (TPSA) is 75.1 Å². The van der Waals surface area contributed by atoms with Gasteiger partial charge in [0.25, 0.3) is 0 Å². The van der Waals surface area contributed by atoms with Crippen LogP contribution < -0.4 is 5.32 Å². The van der Waals surface area contributed by atoms with E-state index >= 15 is 0 Å². The normalized spacial score (nSPS) is 10.2. The lowest BCUT2D eigenvalue weighted by Crippen LogP contribution is -2.09. The molecule has 19 heavy (non-hydrogen) atoms. The Hall–Kier alpha value is -2.50. The van der Waals surface area contributed by atoms with Crippen molar-refractivity contribution in [2.24, 2.45) is 0 Å². The number of anilines is 1. The van der Waals surface area contributed by atoms with Gasteiger partial charge in [-0.2, -0.15) is 0 Å². The molecule has 2 N–H and O–H groups in total. The van der Waals surface area contributed by atoms with Gasteiger partial charge in [0.1, 0.15) is 5.56 Å². The number of rotatable bonds is 4. The number of nitrogens with one attached hydrogen (secondary N) is 1. The van der Waals surface area contributed by atoms with Crippen molar-refractivity contribution in [2.45, 2.75) is 13.5 Å². The van der Waals surface area contributed by atoms with Crippen LogP contribution in [0.2, 0.25) is 0 Å². The van der Waals surface area contributed by atoms with E-state index in [0.29, 0.717) is 6.54 Å². The van der Waals surface area contributed by atoms with Gasteiger partial charge in [-0.05, 0) is 30.2 Å². The maximum Gasteiger partial charge on any atom is 0.338 e. The van der Waals surface area contributed by atoms with Crippen LogP contribution in [0.25, 0.3) is 0 Å². The number of aromatic nitrogens is 2. The first-order valence-electron chi connectivity index (χ1n) is 5.60. The number of hydrogen-bond acceptors (Lipinski definition) is 4. The maximum absolute atomic E-state index is 13.8. The molecule has 5 nitrogen and oxygen atoms in total. The van der Waals surface area contributed by atoms with Crippen molar-refractivity contribution in [3.8, 4) is 0 Å². The Bertz CT molecular complexity index is 617. The van der Waals surface area contributed by atoms with E-state index in [2.05, 4.69) is 15.3 Å². The van der Waals surface area contributed by atoms with Gasteiger partial charge < -0.3 is 10.4 Å². The zero-order valence-corrected chi connectivity index (χ0v) is 10.2. The lowest BCUT2D eigenvalue weighted by Gasteiger charge is -2.09. The lowest BCUT2D eigenvalue weighted by atomic mass is 10.1. The molecule has 2 aromatic heterocycles. The molecule has 0 atom stereocenters. The molecule has 0 spiro atoms. The van der Waals surface area contributed by atoms with Crippen molar-refractivity contribution in [1.82, 2.24) is 9.97 Å². The molecule has 2 aromatic rings. The molecule has 98 valence electrons. The zero-order chi connectivity index (χ0) is 13.8. The van der Waals surface area contributed by atoms with E-state index < -0.39 is 17.3 Å². The second-order valence-electron chi connectivity index (χ2n) is 3.98. The molecular formula is C13H12FN3O2. The molecule has 2 heterocycles. The summed E-state index contributed by atoms with van der Waals surface area (Å²) < 4.78 is 13.8. The van der Waals surface area contributed by atoms with E-state index in [0.717, 1.165) is 17.2 Å². The first-order valence-corrected chi connectivity index (χ1v) is 5.60. The number of aryl methyl sites for hydroxylation is 1. The first kappa shape index (κ1) is 12.9. The minimum atomic E-state index is -1.32. The molecule has 0 aromatic carbocycles. The van der Waals surface area contributed by atoms with E-state index in [4.69, 9.17) is 5.11 Å². The number of pyridine rings is 2. The molecule has 2 rings (SSSR count). The van der Waals surface area contributed by atoms with Crippen LogP contribution in [-0.4, -0.2) is 21.0 Å². The molecule has 0 bridgehead atoms. The van der Waals surface area contributed by atoms with Crippen molar-refractivity contribution in [3.63, 3.8) is 0 Å². The van der Waals surface area contributed by atoms with E-state index in [1.807, 2.05) is 13.0 Å². The van der Waals surface area contributed by atoms with Gasteiger partial charge in [0.15, 0.2) is 11.6 Å². The van der Waals surface area contributed by atoms with E-state index in [1.165, 1.54) is 6.20 Å². The van der Waals surface area contributed by atoms with Crippen LogP contribution in [0.15, 0.2) is 30.7 Å². The van der Waals surface area contributed by atoms with Crippen molar-refractivity contribution in [3.05, 3.63) is 53.2 Å². The van der Waals surface area contributed by atoms with Crippen molar-refractivity contribution < 1.29 is 14.3 Å². The highest BCUT2D eigenvalue weighted by molar-refractivity contribution is 5.88. The Morgan fingerprint density at radius 1 is 1.42 bits per heavy atom. The average Bonchev–Trinajstić information content (AvgIpc) is 2.39. The molecule has 0 fully saturated rings. The predicted molar refractivity (Wildman–Crippen MR) is 67.5 cm³/mol. The van der Waals surface area contributed by atoms with Crippen LogP contribution in [0.3, 0.4) is 0 Å². The third-order valence-electron chi connectivity index (χ3n) is 2.71. The van der Waals surface area contributed by atoms with Gasteiger partial charge >= 0.3 is 5.97 Å². The summed E-state index contributed by atoms with van der Waals surface area (Å²) in [5.41, 5.74) is 1.50. The van der Waals surface area contributed by atoms with Gasteiger partial charge in [0.2, 0.25) is 0 Å². The van der Waals surface area contributed by atoms with Crippen LogP contribution in [-0.2, 0) is 6.54 Å². The molecule has 0 saturated heterocycles. The quantitative estimate of drug-likeness (QED) is 0.882. The summed E-state index contributed by atoms with van der Waals surface area (Å²) in [6.07, 6.45) is 4.59. The van der Waals surface area contributed by atoms with Gasteiger partial charge in [-0.15, -0.1) is 0 Å². The number of hydrogen-bond donors (Lipinski definition) is 2. The summed E-state index contributed by atoms with van der Waals surface area (Å²) >= 11 is 0. The molecule has 0 radical (unpaired) electrons. The van der Waals surface area contributed by atoms with Crippen LogP contribution in [0, 0.1) is 12.7 Å². The summed E-state index contributed by atoms with van der Waals surface area (Å²) in [6, 6.07) is 2.96. The van der Waals surface area contributed by atoms with E-state index in [1.54, 1.807) is 12.4 Å². The zero-order valence-electron chi connectivity index (χ0n) is 10.2. The fourth-order valence-corrected chi connectivity index (χ4v) is 1.59. The third kappa shape index (κ3) is 2.85. The molecule has 0 amide bonds. The van der Waals surface area contributed by atoms with Gasteiger partial charge in [-0.3, -0.25) is 4.98 Å². The van der Waals surface area contributed by atoms with Gasteiger partial charge in [-0.1, -0.05) is 0 Å². The second kappa shape index (κ2) is 5.43. The molecule has 6 heteroatoms. The smallest absolute Gasteiger partial charge is 0.338 e. The highest BCUT2D eigenvalue weighted by atomic mass is 19.1. The summed E-state index contributed by atoms with van der Waals surface area (Å²) in [6.45, 7) is 2.24. The van der Waals surface area contributed by atoms with Gasteiger partial charge in [0, 0.05) is 25.1 Å². The second-order valence-corrected chi connectivity index (χ2v) is 3.98. The number of aromatic carboxylic acids is 1. The highest BCUT2D eigenvalue weighted by Gasteiger charge is 2.14. The Balaban J connectivity index is 2.19. The molecular weight excluding hydrogens is 249 g/mol. The Labute approximate surface area is 109 Å². The monoisotopic (exact) mass is 261 g/mol. The van der Waals surface area contributed by atoms with Crippen molar-refractivity contribution in [2.75, 3.05) is 5.32 Å². The number of nitrogens with zero attached hydrogens (tertiary/aromatic N) is 2. The summed E-state index contributed by atoms with van der Waals surface area (Å²) in [5, 5.41) is 11.6. The standard InChI is InChI=1S/C13H12FN3O2/c1-8-2-4-15-6-9(8)7-17-12-11(14)10(13(18)19)3-5-16-12/h2-6H,7H2,1H3,(H,16,17)(H,18,19). The maximum atomic E-state index is 13.8. The van der Waals surface area contributed by atoms with Crippen LogP contribution in [0.4, 0.5) is 10.2 Å². The minimum absolute atomic E-state index is 0.0804. The van der Waals surface area contributed by atoms with Crippen LogP contribution in [0.5, 0.6) is 0 Å². The molecule has 0 aliphatic heterocycles.